The fourth-order valence-corrected chi connectivity index (χ4v) is 1.12. The van der Waals surface area contributed by atoms with Gasteiger partial charge in [0, 0.05) is 13.3 Å². The number of amides is 1. The Morgan fingerprint density at radius 2 is 2.38 bits per heavy atom. The first-order chi connectivity index (χ1) is 7.74. The summed E-state index contributed by atoms with van der Waals surface area (Å²) in [6, 6.07) is 3.34. The van der Waals surface area contributed by atoms with Crippen LogP contribution in [0, 0.1) is 0 Å². The molecule has 0 unspecified atom stereocenters. The molecular weight excluding hydrogens is 232 g/mol. The first-order valence-electron chi connectivity index (χ1n) is 4.71. The van der Waals surface area contributed by atoms with Gasteiger partial charge in [0.25, 0.3) is 5.91 Å². The molecule has 16 heavy (non-hydrogen) atoms. The fraction of sp³-hybridized carbons (Fsp3) is 0.400. The Kier molecular flexibility index (Phi) is 5.77. The van der Waals surface area contributed by atoms with Gasteiger partial charge in [-0.1, -0.05) is 11.6 Å². The molecular formula is C10H13ClN2O3. The first-order valence-corrected chi connectivity index (χ1v) is 5.09. The van der Waals surface area contributed by atoms with Crippen molar-refractivity contribution in [3.05, 3.63) is 23.4 Å². The van der Waals surface area contributed by atoms with Gasteiger partial charge >= 0.3 is 0 Å². The highest BCUT2D eigenvalue weighted by molar-refractivity contribution is 6.33. The Hall–Kier alpha value is -1.17. The topological polar surface area (TPSA) is 60.5 Å². The van der Waals surface area contributed by atoms with Gasteiger partial charge < -0.3 is 14.8 Å². The highest BCUT2D eigenvalue weighted by atomic mass is 35.5. The first kappa shape index (κ1) is 12.9. The van der Waals surface area contributed by atoms with Gasteiger partial charge in [0.05, 0.1) is 18.2 Å². The zero-order valence-electron chi connectivity index (χ0n) is 8.90. The monoisotopic (exact) mass is 244 g/mol. The van der Waals surface area contributed by atoms with Gasteiger partial charge in [0.15, 0.2) is 5.82 Å². The third-order valence-corrected chi connectivity index (χ3v) is 1.99. The summed E-state index contributed by atoms with van der Waals surface area (Å²) in [4.78, 5) is 15.3. The number of hydrogen-bond acceptors (Lipinski definition) is 4. The summed E-state index contributed by atoms with van der Waals surface area (Å²) in [6.45, 7) is 0.785. The molecule has 0 atom stereocenters. The molecule has 1 amide bonds. The van der Waals surface area contributed by atoms with Crippen molar-refractivity contribution >= 4 is 23.3 Å². The summed E-state index contributed by atoms with van der Waals surface area (Å²) in [5.74, 6) is 0.0428. The van der Waals surface area contributed by atoms with Crippen molar-refractivity contribution in [2.45, 2.75) is 0 Å². The molecule has 1 rings (SSSR count). The highest BCUT2D eigenvalue weighted by Crippen LogP contribution is 2.16. The molecule has 5 nitrogen and oxygen atoms in total. The summed E-state index contributed by atoms with van der Waals surface area (Å²) in [5.41, 5.74) is 0. The van der Waals surface area contributed by atoms with Crippen molar-refractivity contribution < 1.29 is 14.3 Å². The second kappa shape index (κ2) is 7.16. The van der Waals surface area contributed by atoms with Gasteiger partial charge in [0.2, 0.25) is 0 Å². The molecule has 0 radical (unpaired) electrons. The lowest BCUT2D eigenvalue weighted by Gasteiger charge is -2.06. The number of carbonyl (C=O) groups is 1. The molecule has 0 bridgehead atoms. The second-order valence-corrected chi connectivity index (χ2v) is 3.33. The standard InChI is InChI=1S/C10H13ClN2O3/c1-15-5-6-16-7-9(14)13-10-8(11)3-2-4-12-10/h2-4H,5-7H2,1H3,(H,12,13,14). The number of anilines is 1. The SMILES string of the molecule is COCCOCC(=O)Nc1ncccc1Cl. The van der Waals surface area contributed by atoms with Crippen LogP contribution >= 0.6 is 11.6 Å². The molecule has 0 saturated heterocycles. The number of rotatable bonds is 6. The third-order valence-electron chi connectivity index (χ3n) is 1.68. The van der Waals surface area contributed by atoms with E-state index in [1.807, 2.05) is 0 Å². The van der Waals surface area contributed by atoms with Crippen LogP contribution in [0.4, 0.5) is 5.82 Å². The van der Waals surface area contributed by atoms with Crippen LogP contribution in [0.3, 0.4) is 0 Å². The molecule has 0 aliphatic heterocycles. The molecule has 1 aromatic rings. The Morgan fingerprint density at radius 1 is 1.56 bits per heavy atom. The number of methoxy groups -OCH3 is 1. The number of nitrogens with zero attached hydrogens (tertiary/aromatic N) is 1. The lowest BCUT2D eigenvalue weighted by Crippen LogP contribution is -2.20. The average molecular weight is 245 g/mol. The van der Waals surface area contributed by atoms with Crippen LogP contribution in [0.25, 0.3) is 0 Å². The van der Waals surface area contributed by atoms with Crippen molar-refractivity contribution in [3.63, 3.8) is 0 Å². The largest absolute Gasteiger partial charge is 0.382 e. The fourth-order valence-electron chi connectivity index (χ4n) is 0.953. The van der Waals surface area contributed by atoms with Crippen LogP contribution in [-0.4, -0.2) is 37.8 Å². The number of pyridine rings is 1. The van der Waals surface area contributed by atoms with Gasteiger partial charge in [-0.25, -0.2) is 4.98 Å². The Bertz CT molecular complexity index is 347. The molecule has 0 aliphatic carbocycles. The number of aromatic nitrogens is 1. The Labute approximate surface area is 98.7 Å². The number of hydrogen-bond donors (Lipinski definition) is 1. The summed E-state index contributed by atoms with van der Waals surface area (Å²) < 4.78 is 9.81. The number of nitrogens with one attached hydrogen (secondary N) is 1. The van der Waals surface area contributed by atoms with Gasteiger partial charge in [-0.05, 0) is 12.1 Å². The van der Waals surface area contributed by atoms with Crippen LogP contribution in [0.2, 0.25) is 5.02 Å². The smallest absolute Gasteiger partial charge is 0.251 e. The summed E-state index contributed by atoms with van der Waals surface area (Å²) >= 11 is 5.81. The summed E-state index contributed by atoms with van der Waals surface area (Å²) in [6.07, 6.45) is 1.55. The Balaban J connectivity index is 2.32. The number of halogens is 1. The molecule has 1 aromatic heterocycles. The lowest BCUT2D eigenvalue weighted by atomic mass is 10.4. The lowest BCUT2D eigenvalue weighted by molar-refractivity contribution is -0.121. The maximum absolute atomic E-state index is 11.4. The predicted molar refractivity (Wildman–Crippen MR) is 60.6 cm³/mol. The molecule has 1 N–H and O–H groups in total. The van der Waals surface area contributed by atoms with Crippen molar-refractivity contribution in [3.8, 4) is 0 Å². The zero-order chi connectivity index (χ0) is 11.8. The van der Waals surface area contributed by atoms with E-state index in [9.17, 15) is 4.79 Å². The van der Waals surface area contributed by atoms with Gasteiger partial charge in [0.1, 0.15) is 6.61 Å². The van der Waals surface area contributed by atoms with E-state index in [0.717, 1.165) is 0 Å². The van der Waals surface area contributed by atoms with Crippen molar-refractivity contribution in [1.82, 2.24) is 4.98 Å². The van der Waals surface area contributed by atoms with Gasteiger partial charge in [-0.2, -0.15) is 0 Å². The molecule has 88 valence electrons. The Morgan fingerprint density at radius 3 is 3.06 bits per heavy atom. The van der Waals surface area contributed by atoms with E-state index < -0.39 is 0 Å². The zero-order valence-corrected chi connectivity index (χ0v) is 9.66. The van der Waals surface area contributed by atoms with Crippen LogP contribution in [0.5, 0.6) is 0 Å². The van der Waals surface area contributed by atoms with E-state index in [1.165, 1.54) is 0 Å². The number of ether oxygens (including phenoxy) is 2. The molecule has 1 heterocycles. The van der Waals surface area contributed by atoms with E-state index >= 15 is 0 Å². The van der Waals surface area contributed by atoms with Gasteiger partial charge in [-0.15, -0.1) is 0 Å². The van der Waals surface area contributed by atoms with Crippen LogP contribution in [0.15, 0.2) is 18.3 Å². The predicted octanol–water partition coefficient (Wildman–Crippen LogP) is 1.34. The van der Waals surface area contributed by atoms with Crippen LogP contribution in [-0.2, 0) is 14.3 Å². The van der Waals surface area contributed by atoms with E-state index in [2.05, 4.69) is 10.3 Å². The molecule has 0 aliphatic rings. The molecule has 0 spiro atoms. The van der Waals surface area contributed by atoms with Crippen LogP contribution in [0.1, 0.15) is 0 Å². The normalized spacial score (nSPS) is 10.1. The highest BCUT2D eigenvalue weighted by Gasteiger charge is 2.06. The maximum atomic E-state index is 11.4. The number of carbonyl (C=O) groups excluding carboxylic acids is 1. The summed E-state index contributed by atoms with van der Waals surface area (Å²) in [5, 5.41) is 2.94. The van der Waals surface area contributed by atoms with Crippen molar-refractivity contribution in [2.24, 2.45) is 0 Å². The van der Waals surface area contributed by atoms with Crippen molar-refractivity contribution in [1.29, 1.82) is 0 Å². The van der Waals surface area contributed by atoms with E-state index in [4.69, 9.17) is 21.1 Å². The quantitative estimate of drug-likeness (QED) is 0.767. The minimum absolute atomic E-state index is 0.0454. The average Bonchev–Trinajstić information content (AvgIpc) is 2.28. The van der Waals surface area contributed by atoms with E-state index in [-0.39, 0.29) is 12.5 Å². The third kappa shape index (κ3) is 4.57. The minimum Gasteiger partial charge on any atom is -0.382 e. The molecule has 0 aromatic carbocycles. The van der Waals surface area contributed by atoms with E-state index in [0.29, 0.717) is 24.1 Å². The minimum atomic E-state index is -0.295. The second-order valence-electron chi connectivity index (χ2n) is 2.93. The molecule has 0 fully saturated rings. The molecule has 6 heteroatoms. The summed E-state index contributed by atoms with van der Waals surface area (Å²) in [7, 11) is 1.57. The molecule has 0 saturated carbocycles. The van der Waals surface area contributed by atoms with Crippen LogP contribution < -0.4 is 5.32 Å². The van der Waals surface area contributed by atoms with Gasteiger partial charge in [-0.3, -0.25) is 4.79 Å². The van der Waals surface area contributed by atoms with E-state index in [1.54, 1.807) is 25.4 Å². The van der Waals surface area contributed by atoms with Crippen molar-refractivity contribution in [2.75, 3.05) is 32.2 Å². The maximum Gasteiger partial charge on any atom is 0.251 e.